The van der Waals surface area contributed by atoms with Crippen molar-refractivity contribution in [3.8, 4) is 11.6 Å². The smallest absolute Gasteiger partial charge is 0.237 e. The van der Waals surface area contributed by atoms with Crippen molar-refractivity contribution in [3.63, 3.8) is 0 Å². The molecule has 0 aliphatic rings. The molecule has 1 atom stereocenters. The third-order valence-corrected chi connectivity index (χ3v) is 3.97. The molecule has 0 fully saturated rings. The van der Waals surface area contributed by atoms with E-state index in [9.17, 15) is 0 Å². The van der Waals surface area contributed by atoms with Crippen molar-refractivity contribution >= 4 is 0 Å². The van der Waals surface area contributed by atoms with Gasteiger partial charge in [0.1, 0.15) is 5.75 Å². The van der Waals surface area contributed by atoms with E-state index in [4.69, 9.17) is 4.74 Å². The quantitative estimate of drug-likeness (QED) is 0.690. The number of rotatable bonds is 6. The van der Waals surface area contributed by atoms with Crippen molar-refractivity contribution in [1.82, 2.24) is 19.9 Å². The van der Waals surface area contributed by atoms with Crippen LogP contribution in [0.25, 0.3) is 0 Å². The molecule has 3 rings (SSSR count). The molecule has 2 aromatic heterocycles. The highest BCUT2D eigenvalue weighted by Crippen LogP contribution is 2.22. The van der Waals surface area contributed by atoms with Gasteiger partial charge in [0, 0.05) is 37.4 Å². The van der Waals surface area contributed by atoms with E-state index in [1.54, 1.807) is 18.6 Å². The lowest BCUT2D eigenvalue weighted by Crippen LogP contribution is -2.21. The lowest BCUT2D eigenvalue weighted by atomic mass is 10.1. The summed E-state index contributed by atoms with van der Waals surface area (Å²) in [6, 6.07) is 12.5. The fourth-order valence-corrected chi connectivity index (χ4v) is 2.44. The third kappa shape index (κ3) is 4.14. The highest BCUT2D eigenvalue weighted by molar-refractivity contribution is 5.30. The summed E-state index contributed by atoms with van der Waals surface area (Å²) in [6.45, 7) is 3.05. The maximum Gasteiger partial charge on any atom is 0.237 e. The Morgan fingerprint density at radius 1 is 0.958 bits per heavy atom. The molecule has 0 spiro atoms. The van der Waals surface area contributed by atoms with E-state index < -0.39 is 0 Å². The molecule has 1 unspecified atom stereocenters. The number of aromatic nitrogens is 3. The summed E-state index contributed by atoms with van der Waals surface area (Å²) >= 11 is 0. The van der Waals surface area contributed by atoms with E-state index in [-0.39, 0.29) is 0 Å². The third-order valence-electron chi connectivity index (χ3n) is 3.97. The molecular weight excluding hydrogens is 300 g/mol. The van der Waals surface area contributed by atoms with Crippen LogP contribution in [0.1, 0.15) is 24.1 Å². The van der Waals surface area contributed by atoms with Gasteiger partial charge < -0.3 is 4.74 Å². The number of hydrogen-bond acceptors (Lipinski definition) is 5. The first-order chi connectivity index (χ1) is 11.7. The van der Waals surface area contributed by atoms with Crippen LogP contribution in [0.2, 0.25) is 0 Å². The molecule has 0 amide bonds. The summed E-state index contributed by atoms with van der Waals surface area (Å²) in [5.41, 5.74) is 2.49. The van der Waals surface area contributed by atoms with Gasteiger partial charge in [-0.2, -0.15) is 0 Å². The Morgan fingerprint density at radius 2 is 1.71 bits per heavy atom. The Kier molecular flexibility index (Phi) is 5.13. The first kappa shape index (κ1) is 16.1. The van der Waals surface area contributed by atoms with Gasteiger partial charge in [-0.3, -0.25) is 14.9 Å². The van der Waals surface area contributed by atoms with Crippen LogP contribution in [0.4, 0.5) is 0 Å². The zero-order valence-corrected chi connectivity index (χ0v) is 13.8. The van der Waals surface area contributed by atoms with Gasteiger partial charge >= 0.3 is 0 Å². The van der Waals surface area contributed by atoms with Crippen molar-refractivity contribution in [1.29, 1.82) is 0 Å². The van der Waals surface area contributed by atoms with Gasteiger partial charge in [-0.05, 0) is 49.4 Å². The zero-order valence-electron chi connectivity index (χ0n) is 13.8. The summed E-state index contributed by atoms with van der Waals surface area (Å²) in [6.07, 6.45) is 8.49. The molecule has 1 aromatic carbocycles. The number of pyridine rings is 1. The summed E-state index contributed by atoms with van der Waals surface area (Å²) in [5, 5.41) is 0. The van der Waals surface area contributed by atoms with E-state index in [0.29, 0.717) is 11.9 Å². The molecule has 3 aromatic rings. The monoisotopic (exact) mass is 320 g/mol. The van der Waals surface area contributed by atoms with Crippen LogP contribution < -0.4 is 4.74 Å². The lowest BCUT2D eigenvalue weighted by Gasteiger charge is -2.25. The first-order valence-electron chi connectivity index (χ1n) is 7.85. The predicted octanol–water partition coefficient (Wildman–Crippen LogP) is 3.86. The van der Waals surface area contributed by atoms with E-state index in [2.05, 4.69) is 58.1 Å². The van der Waals surface area contributed by atoms with Crippen LogP contribution >= 0.6 is 0 Å². The fourth-order valence-electron chi connectivity index (χ4n) is 2.44. The molecular formula is C19H20N4O. The van der Waals surface area contributed by atoms with Gasteiger partial charge in [0.15, 0.2) is 0 Å². The number of benzene rings is 1. The fraction of sp³-hybridized carbons (Fsp3) is 0.211. The van der Waals surface area contributed by atoms with Crippen molar-refractivity contribution in [2.24, 2.45) is 0 Å². The summed E-state index contributed by atoms with van der Waals surface area (Å²) < 4.78 is 5.66. The molecule has 2 heterocycles. The Balaban J connectivity index is 1.61. The van der Waals surface area contributed by atoms with Gasteiger partial charge in [0.25, 0.3) is 0 Å². The van der Waals surface area contributed by atoms with Crippen LogP contribution in [0.5, 0.6) is 11.6 Å². The average molecular weight is 320 g/mol. The maximum atomic E-state index is 5.66. The molecule has 0 saturated carbocycles. The summed E-state index contributed by atoms with van der Waals surface area (Å²) in [5.74, 6) is 1.25. The van der Waals surface area contributed by atoms with E-state index in [1.165, 1.54) is 11.1 Å². The van der Waals surface area contributed by atoms with Crippen molar-refractivity contribution < 1.29 is 4.74 Å². The van der Waals surface area contributed by atoms with E-state index in [1.807, 2.05) is 24.5 Å². The lowest BCUT2D eigenvalue weighted by molar-refractivity contribution is 0.253. The number of nitrogens with zero attached hydrogens (tertiary/aromatic N) is 4. The second-order valence-corrected chi connectivity index (χ2v) is 5.66. The van der Waals surface area contributed by atoms with Crippen LogP contribution in [-0.4, -0.2) is 26.9 Å². The molecule has 0 bridgehead atoms. The first-order valence-corrected chi connectivity index (χ1v) is 7.85. The van der Waals surface area contributed by atoms with Gasteiger partial charge in [-0.1, -0.05) is 12.1 Å². The standard InChI is InChI=1S/C19H20N4O/c1-15(17-7-9-20-10-8-17)23(2)14-16-3-5-18(6-4-16)24-19-13-21-11-12-22-19/h3-13,15H,14H2,1-2H3. The topological polar surface area (TPSA) is 51.1 Å². The molecule has 122 valence electrons. The normalized spacial score (nSPS) is 12.1. The molecule has 0 radical (unpaired) electrons. The van der Waals surface area contributed by atoms with Gasteiger partial charge in [-0.25, -0.2) is 4.98 Å². The summed E-state index contributed by atoms with van der Waals surface area (Å²) in [4.78, 5) is 14.5. The van der Waals surface area contributed by atoms with Crippen LogP contribution in [0, 0.1) is 0 Å². The largest absolute Gasteiger partial charge is 0.438 e. The molecule has 24 heavy (non-hydrogen) atoms. The zero-order chi connectivity index (χ0) is 16.8. The van der Waals surface area contributed by atoms with Crippen molar-refractivity contribution in [2.75, 3.05) is 7.05 Å². The summed E-state index contributed by atoms with van der Waals surface area (Å²) in [7, 11) is 2.12. The highest BCUT2D eigenvalue weighted by Gasteiger charge is 2.11. The van der Waals surface area contributed by atoms with Gasteiger partial charge in [0.2, 0.25) is 5.88 Å². The van der Waals surface area contributed by atoms with E-state index in [0.717, 1.165) is 12.3 Å². The molecule has 0 saturated heterocycles. The Morgan fingerprint density at radius 3 is 2.38 bits per heavy atom. The minimum Gasteiger partial charge on any atom is -0.438 e. The maximum absolute atomic E-state index is 5.66. The van der Waals surface area contributed by atoms with E-state index >= 15 is 0 Å². The SMILES string of the molecule is CC(c1ccncc1)N(C)Cc1ccc(Oc2cnccn2)cc1. The molecule has 0 N–H and O–H groups in total. The van der Waals surface area contributed by atoms with Crippen LogP contribution in [0.3, 0.4) is 0 Å². The number of hydrogen-bond donors (Lipinski definition) is 0. The van der Waals surface area contributed by atoms with Crippen molar-refractivity contribution in [2.45, 2.75) is 19.5 Å². The van der Waals surface area contributed by atoms with Gasteiger partial charge in [-0.15, -0.1) is 0 Å². The van der Waals surface area contributed by atoms with Gasteiger partial charge in [0.05, 0.1) is 6.20 Å². The average Bonchev–Trinajstić information content (AvgIpc) is 2.64. The Labute approximate surface area is 142 Å². The Bertz CT molecular complexity index is 747. The second-order valence-electron chi connectivity index (χ2n) is 5.66. The Hall–Kier alpha value is -2.79. The molecule has 0 aliphatic heterocycles. The minimum atomic E-state index is 0.323. The highest BCUT2D eigenvalue weighted by atomic mass is 16.5. The van der Waals surface area contributed by atoms with Crippen LogP contribution in [0.15, 0.2) is 67.4 Å². The van der Waals surface area contributed by atoms with Crippen molar-refractivity contribution in [3.05, 3.63) is 78.5 Å². The molecule has 5 nitrogen and oxygen atoms in total. The number of ether oxygens (including phenoxy) is 1. The van der Waals surface area contributed by atoms with Crippen LogP contribution in [-0.2, 0) is 6.54 Å². The molecule has 5 heteroatoms. The molecule has 0 aliphatic carbocycles. The predicted molar refractivity (Wildman–Crippen MR) is 92.7 cm³/mol. The second kappa shape index (κ2) is 7.66. The minimum absolute atomic E-state index is 0.323.